The number of hydrogen-bond acceptors (Lipinski definition) is 2. The van der Waals surface area contributed by atoms with Crippen molar-refractivity contribution in [2.24, 2.45) is 0 Å². The van der Waals surface area contributed by atoms with E-state index in [2.05, 4.69) is 6.92 Å². The lowest BCUT2D eigenvalue weighted by molar-refractivity contribution is -0.150. The Kier molecular flexibility index (Phi) is 5.99. The third-order valence-electron chi connectivity index (χ3n) is 4.34. The fourth-order valence-corrected chi connectivity index (χ4v) is 2.93. The van der Waals surface area contributed by atoms with Crippen LogP contribution in [0.4, 0.5) is 0 Å². The van der Waals surface area contributed by atoms with Gasteiger partial charge in [0.25, 0.3) is 0 Å². The average Bonchev–Trinajstić information content (AvgIpc) is 2.55. The van der Waals surface area contributed by atoms with Crippen molar-refractivity contribution in [1.82, 2.24) is 9.80 Å². The van der Waals surface area contributed by atoms with Gasteiger partial charge in [0.1, 0.15) is 6.04 Å². The summed E-state index contributed by atoms with van der Waals surface area (Å²) in [5.74, 6) is 0.194. The van der Waals surface area contributed by atoms with Crippen LogP contribution in [-0.2, 0) is 16.0 Å². The molecule has 4 nitrogen and oxygen atoms in total. The second-order valence-corrected chi connectivity index (χ2v) is 5.99. The van der Waals surface area contributed by atoms with Gasteiger partial charge in [-0.25, -0.2) is 0 Å². The number of carbonyl (C=O) groups is 2. The normalized spacial score (nSPS) is 18.6. The number of hydrogen-bond donors (Lipinski definition) is 0. The van der Waals surface area contributed by atoms with Crippen molar-refractivity contribution >= 4 is 11.8 Å². The first kappa shape index (κ1) is 16.5. The molecule has 1 aliphatic heterocycles. The predicted octanol–water partition coefficient (Wildman–Crippen LogP) is 2.48. The third-order valence-corrected chi connectivity index (χ3v) is 4.34. The van der Waals surface area contributed by atoms with Crippen LogP contribution in [0.5, 0.6) is 0 Å². The molecule has 1 unspecified atom stereocenters. The summed E-state index contributed by atoms with van der Waals surface area (Å²) in [4.78, 5) is 28.5. The summed E-state index contributed by atoms with van der Waals surface area (Å²) in [5.41, 5.74) is 1.17. The van der Waals surface area contributed by atoms with Gasteiger partial charge in [-0.1, -0.05) is 50.1 Å². The van der Waals surface area contributed by atoms with Gasteiger partial charge in [0.05, 0.1) is 0 Å². The van der Waals surface area contributed by atoms with Crippen LogP contribution in [0.3, 0.4) is 0 Å². The van der Waals surface area contributed by atoms with Crippen molar-refractivity contribution in [2.75, 3.05) is 20.1 Å². The highest BCUT2D eigenvalue weighted by Crippen LogP contribution is 2.18. The van der Waals surface area contributed by atoms with Crippen molar-refractivity contribution in [1.29, 1.82) is 0 Å². The molecule has 1 saturated heterocycles. The monoisotopic (exact) mass is 302 g/mol. The largest absolute Gasteiger partial charge is 0.342 e. The highest BCUT2D eigenvalue weighted by molar-refractivity contribution is 5.88. The van der Waals surface area contributed by atoms with E-state index >= 15 is 0 Å². The molecule has 4 heteroatoms. The molecule has 0 radical (unpaired) electrons. The van der Waals surface area contributed by atoms with E-state index in [0.29, 0.717) is 19.5 Å². The minimum Gasteiger partial charge on any atom is -0.342 e. The third kappa shape index (κ3) is 4.09. The molecule has 0 saturated carbocycles. The first-order valence-corrected chi connectivity index (χ1v) is 8.22. The summed E-state index contributed by atoms with van der Waals surface area (Å²) in [7, 11) is 1.83. The Morgan fingerprint density at radius 3 is 2.64 bits per heavy atom. The molecule has 2 amide bonds. The fourth-order valence-electron chi connectivity index (χ4n) is 2.93. The predicted molar refractivity (Wildman–Crippen MR) is 87.4 cm³/mol. The molecule has 1 heterocycles. The average molecular weight is 302 g/mol. The van der Waals surface area contributed by atoms with E-state index in [1.54, 1.807) is 9.80 Å². The van der Waals surface area contributed by atoms with Gasteiger partial charge in [0.2, 0.25) is 11.8 Å². The summed E-state index contributed by atoms with van der Waals surface area (Å²) in [5, 5.41) is 0. The van der Waals surface area contributed by atoms with E-state index < -0.39 is 0 Å². The van der Waals surface area contributed by atoms with Crippen LogP contribution in [0.25, 0.3) is 0 Å². The highest BCUT2D eigenvalue weighted by Gasteiger charge is 2.34. The zero-order chi connectivity index (χ0) is 15.9. The number of unbranched alkanes of at least 4 members (excludes halogenated alkanes) is 1. The Balaban J connectivity index is 1.97. The number of amides is 2. The van der Waals surface area contributed by atoms with E-state index in [0.717, 1.165) is 25.7 Å². The molecule has 0 aromatic heterocycles. The van der Waals surface area contributed by atoms with Crippen LogP contribution < -0.4 is 0 Å². The van der Waals surface area contributed by atoms with Crippen LogP contribution in [0.15, 0.2) is 30.3 Å². The lowest BCUT2D eigenvalue weighted by Crippen LogP contribution is -2.57. The molecule has 0 aliphatic carbocycles. The van der Waals surface area contributed by atoms with Crippen LogP contribution in [-0.4, -0.2) is 47.8 Å². The Morgan fingerprint density at radius 2 is 1.95 bits per heavy atom. The van der Waals surface area contributed by atoms with Gasteiger partial charge in [-0.05, 0) is 18.4 Å². The maximum absolute atomic E-state index is 12.6. The first-order chi connectivity index (χ1) is 10.6. The molecule has 1 aliphatic rings. The van der Waals surface area contributed by atoms with Crippen LogP contribution in [0.2, 0.25) is 0 Å². The fraction of sp³-hybridized carbons (Fsp3) is 0.556. The summed E-state index contributed by atoms with van der Waals surface area (Å²) < 4.78 is 0. The molecule has 22 heavy (non-hydrogen) atoms. The lowest BCUT2D eigenvalue weighted by atomic mass is 10.0. The van der Waals surface area contributed by atoms with Gasteiger partial charge >= 0.3 is 0 Å². The van der Waals surface area contributed by atoms with Crippen molar-refractivity contribution in [2.45, 2.75) is 45.1 Å². The standard InChI is InChI=1S/C18H26N2O2/c1-3-4-10-16-18(22)19(2)13-14-20(16)17(21)12-11-15-8-6-5-7-9-15/h5-9,16H,3-4,10-14H2,1-2H3. The molecular weight excluding hydrogens is 276 g/mol. The van der Waals surface area contributed by atoms with E-state index in [1.807, 2.05) is 37.4 Å². The summed E-state index contributed by atoms with van der Waals surface area (Å²) in [6.45, 7) is 3.40. The molecule has 1 aromatic rings. The quantitative estimate of drug-likeness (QED) is 0.810. The minimum atomic E-state index is -0.262. The topological polar surface area (TPSA) is 40.6 Å². The maximum Gasteiger partial charge on any atom is 0.245 e. The molecule has 1 aromatic carbocycles. The van der Waals surface area contributed by atoms with E-state index in [4.69, 9.17) is 0 Å². The van der Waals surface area contributed by atoms with Gasteiger partial charge in [-0.15, -0.1) is 0 Å². The minimum absolute atomic E-state index is 0.0905. The molecule has 0 bridgehead atoms. The van der Waals surface area contributed by atoms with Gasteiger partial charge < -0.3 is 9.80 Å². The van der Waals surface area contributed by atoms with Gasteiger partial charge in [-0.2, -0.15) is 0 Å². The summed E-state index contributed by atoms with van der Waals surface area (Å²) in [6.07, 6.45) is 4.01. The van der Waals surface area contributed by atoms with Crippen LogP contribution >= 0.6 is 0 Å². The smallest absolute Gasteiger partial charge is 0.245 e. The van der Waals surface area contributed by atoms with E-state index in [-0.39, 0.29) is 17.9 Å². The number of aryl methyl sites for hydroxylation is 1. The van der Waals surface area contributed by atoms with E-state index in [9.17, 15) is 9.59 Å². The van der Waals surface area contributed by atoms with Crippen molar-refractivity contribution in [3.63, 3.8) is 0 Å². The summed E-state index contributed by atoms with van der Waals surface area (Å²) in [6, 6.07) is 9.77. The molecule has 2 rings (SSSR count). The van der Waals surface area contributed by atoms with Gasteiger partial charge in [0.15, 0.2) is 0 Å². The van der Waals surface area contributed by atoms with Crippen molar-refractivity contribution in [3.8, 4) is 0 Å². The Morgan fingerprint density at radius 1 is 1.23 bits per heavy atom. The number of benzene rings is 1. The highest BCUT2D eigenvalue weighted by atomic mass is 16.2. The molecule has 120 valence electrons. The van der Waals surface area contributed by atoms with Crippen molar-refractivity contribution < 1.29 is 9.59 Å². The number of piperazine rings is 1. The van der Waals surface area contributed by atoms with Gasteiger partial charge in [0, 0.05) is 26.6 Å². The Labute approximate surface area is 133 Å². The second kappa shape index (κ2) is 7.97. The van der Waals surface area contributed by atoms with E-state index in [1.165, 1.54) is 5.56 Å². The second-order valence-electron chi connectivity index (χ2n) is 5.99. The SMILES string of the molecule is CCCCC1C(=O)N(C)CCN1C(=O)CCc1ccccc1. The zero-order valence-corrected chi connectivity index (χ0v) is 13.6. The molecule has 1 fully saturated rings. The zero-order valence-electron chi connectivity index (χ0n) is 13.6. The number of nitrogens with zero attached hydrogens (tertiary/aromatic N) is 2. The molecular formula is C18H26N2O2. The molecule has 0 N–H and O–H groups in total. The Bertz CT molecular complexity index is 501. The van der Waals surface area contributed by atoms with Crippen LogP contribution in [0, 0.1) is 0 Å². The lowest BCUT2D eigenvalue weighted by Gasteiger charge is -2.39. The number of rotatable bonds is 6. The molecule has 0 spiro atoms. The maximum atomic E-state index is 12.6. The molecule has 1 atom stereocenters. The van der Waals surface area contributed by atoms with Crippen LogP contribution in [0.1, 0.15) is 38.2 Å². The summed E-state index contributed by atoms with van der Waals surface area (Å²) >= 11 is 0. The van der Waals surface area contributed by atoms with Gasteiger partial charge in [-0.3, -0.25) is 9.59 Å². The number of likely N-dealkylation sites (N-methyl/N-ethyl adjacent to an activating group) is 1. The Hall–Kier alpha value is -1.84. The number of carbonyl (C=O) groups excluding carboxylic acids is 2. The van der Waals surface area contributed by atoms with Crippen molar-refractivity contribution in [3.05, 3.63) is 35.9 Å². The first-order valence-electron chi connectivity index (χ1n) is 8.22.